The van der Waals surface area contributed by atoms with Crippen LogP contribution in [0.25, 0.3) is 0 Å². The number of hydrogen-bond acceptors (Lipinski definition) is 4. The average molecular weight is 253 g/mol. The van der Waals surface area contributed by atoms with Gasteiger partial charge in [0.05, 0.1) is 12.0 Å². The largest absolute Gasteiger partial charge is 0.384 e. The van der Waals surface area contributed by atoms with Crippen LogP contribution in [0.2, 0.25) is 5.15 Å². The second-order valence-electron chi connectivity index (χ2n) is 3.82. The minimum absolute atomic E-state index is 0.176. The standard InChI is InChI=1S/C11H13ClN4O/c1-7(5-13)6-16(2)11(17)8-3-9(12)15-10(14)4-8/h3-4,7H,6H2,1-2H3,(H2,14,15). The highest BCUT2D eigenvalue weighted by molar-refractivity contribution is 6.29. The van der Waals surface area contributed by atoms with Crippen molar-refractivity contribution < 1.29 is 4.79 Å². The van der Waals surface area contributed by atoms with Crippen LogP contribution in [-0.2, 0) is 0 Å². The number of pyridine rings is 1. The maximum absolute atomic E-state index is 12.0. The van der Waals surface area contributed by atoms with Crippen LogP contribution in [0.3, 0.4) is 0 Å². The minimum atomic E-state index is -0.233. The van der Waals surface area contributed by atoms with E-state index in [0.29, 0.717) is 12.1 Å². The highest BCUT2D eigenvalue weighted by Crippen LogP contribution is 2.14. The predicted molar refractivity (Wildman–Crippen MR) is 65.4 cm³/mol. The average Bonchev–Trinajstić information content (AvgIpc) is 2.26. The van der Waals surface area contributed by atoms with E-state index in [9.17, 15) is 4.79 Å². The van der Waals surface area contributed by atoms with Crippen molar-refractivity contribution in [3.8, 4) is 6.07 Å². The molecule has 0 radical (unpaired) electrons. The molecule has 1 aromatic rings. The van der Waals surface area contributed by atoms with Gasteiger partial charge in [0.25, 0.3) is 5.91 Å². The Hall–Kier alpha value is -1.80. The lowest BCUT2D eigenvalue weighted by atomic mass is 10.1. The van der Waals surface area contributed by atoms with Crippen molar-refractivity contribution in [3.05, 3.63) is 22.8 Å². The number of rotatable bonds is 3. The maximum Gasteiger partial charge on any atom is 0.253 e. The first-order valence-electron chi connectivity index (χ1n) is 5.02. The monoisotopic (exact) mass is 252 g/mol. The molecule has 0 aliphatic rings. The number of amides is 1. The summed E-state index contributed by atoms with van der Waals surface area (Å²) in [7, 11) is 1.63. The van der Waals surface area contributed by atoms with Crippen molar-refractivity contribution in [3.63, 3.8) is 0 Å². The molecule has 2 N–H and O–H groups in total. The quantitative estimate of drug-likeness (QED) is 0.828. The number of nitrogens with zero attached hydrogens (tertiary/aromatic N) is 3. The van der Waals surface area contributed by atoms with Gasteiger partial charge in [0.15, 0.2) is 0 Å². The first-order valence-corrected chi connectivity index (χ1v) is 5.40. The number of hydrogen-bond donors (Lipinski definition) is 1. The number of carbonyl (C=O) groups is 1. The van der Waals surface area contributed by atoms with Gasteiger partial charge in [-0.3, -0.25) is 4.79 Å². The fraction of sp³-hybridized carbons (Fsp3) is 0.364. The van der Waals surface area contributed by atoms with Crippen LogP contribution >= 0.6 is 11.6 Å². The first kappa shape index (κ1) is 13.3. The van der Waals surface area contributed by atoms with E-state index in [1.54, 1.807) is 14.0 Å². The number of carbonyl (C=O) groups excluding carboxylic acids is 1. The molecule has 0 fully saturated rings. The first-order chi connectivity index (χ1) is 7.93. The zero-order valence-corrected chi connectivity index (χ0v) is 10.4. The summed E-state index contributed by atoms with van der Waals surface area (Å²) in [5.74, 6) is -0.260. The van der Waals surface area contributed by atoms with Crippen molar-refractivity contribution in [1.29, 1.82) is 5.26 Å². The van der Waals surface area contributed by atoms with Gasteiger partial charge in [-0.2, -0.15) is 5.26 Å². The zero-order chi connectivity index (χ0) is 13.0. The van der Waals surface area contributed by atoms with Gasteiger partial charge in [0.2, 0.25) is 0 Å². The fourth-order valence-electron chi connectivity index (χ4n) is 1.40. The lowest BCUT2D eigenvalue weighted by Gasteiger charge is -2.18. The van der Waals surface area contributed by atoms with Crippen molar-refractivity contribution >= 4 is 23.3 Å². The third kappa shape index (κ3) is 3.61. The second kappa shape index (κ2) is 5.51. The lowest BCUT2D eigenvalue weighted by molar-refractivity contribution is 0.0785. The molecule has 1 atom stereocenters. The topological polar surface area (TPSA) is 83.0 Å². The number of halogens is 1. The van der Waals surface area contributed by atoms with Gasteiger partial charge >= 0.3 is 0 Å². The van der Waals surface area contributed by atoms with Gasteiger partial charge in [0, 0.05) is 19.2 Å². The Morgan fingerprint density at radius 2 is 2.35 bits per heavy atom. The molecule has 0 bridgehead atoms. The van der Waals surface area contributed by atoms with E-state index in [1.165, 1.54) is 17.0 Å². The Balaban J connectivity index is 2.86. The third-order valence-electron chi connectivity index (χ3n) is 2.18. The van der Waals surface area contributed by atoms with Gasteiger partial charge in [-0.15, -0.1) is 0 Å². The minimum Gasteiger partial charge on any atom is -0.384 e. The highest BCUT2D eigenvalue weighted by Gasteiger charge is 2.15. The smallest absolute Gasteiger partial charge is 0.253 e. The third-order valence-corrected chi connectivity index (χ3v) is 2.37. The molecule has 0 aliphatic heterocycles. The van der Waals surface area contributed by atoms with Crippen LogP contribution in [0, 0.1) is 17.2 Å². The summed E-state index contributed by atoms with van der Waals surface area (Å²) in [4.78, 5) is 17.2. The fourth-order valence-corrected chi connectivity index (χ4v) is 1.61. The van der Waals surface area contributed by atoms with E-state index in [4.69, 9.17) is 22.6 Å². The van der Waals surface area contributed by atoms with E-state index in [2.05, 4.69) is 11.1 Å². The molecule has 90 valence electrons. The van der Waals surface area contributed by atoms with Crippen molar-refractivity contribution in [2.24, 2.45) is 5.92 Å². The molecule has 0 saturated heterocycles. The molecule has 0 aromatic carbocycles. The predicted octanol–water partition coefficient (Wildman–Crippen LogP) is 1.55. The summed E-state index contributed by atoms with van der Waals surface area (Å²) in [6, 6.07) is 4.98. The zero-order valence-electron chi connectivity index (χ0n) is 9.64. The van der Waals surface area contributed by atoms with E-state index >= 15 is 0 Å². The molecular formula is C11H13ClN4O. The lowest BCUT2D eigenvalue weighted by Crippen LogP contribution is -2.30. The number of anilines is 1. The van der Waals surface area contributed by atoms with Crippen LogP contribution in [0.1, 0.15) is 17.3 Å². The molecule has 1 rings (SSSR count). The molecule has 0 saturated carbocycles. The van der Waals surface area contributed by atoms with Crippen molar-refractivity contribution in [2.75, 3.05) is 19.3 Å². The molecule has 17 heavy (non-hydrogen) atoms. The van der Waals surface area contributed by atoms with Gasteiger partial charge in [-0.1, -0.05) is 11.6 Å². The van der Waals surface area contributed by atoms with Gasteiger partial charge in [-0.05, 0) is 19.1 Å². The normalized spacial score (nSPS) is 11.6. The summed E-state index contributed by atoms with van der Waals surface area (Å²) in [6.45, 7) is 2.10. The Morgan fingerprint density at radius 1 is 1.71 bits per heavy atom. The van der Waals surface area contributed by atoms with Crippen LogP contribution in [0.5, 0.6) is 0 Å². The summed E-state index contributed by atoms with van der Waals surface area (Å²) >= 11 is 5.72. The molecule has 1 amide bonds. The molecule has 6 heteroatoms. The molecule has 0 spiro atoms. The number of aromatic nitrogens is 1. The summed E-state index contributed by atoms with van der Waals surface area (Å²) < 4.78 is 0. The summed E-state index contributed by atoms with van der Waals surface area (Å²) in [6.07, 6.45) is 0. The van der Waals surface area contributed by atoms with Crippen molar-refractivity contribution in [2.45, 2.75) is 6.92 Å². The van der Waals surface area contributed by atoms with Crippen LogP contribution in [0.15, 0.2) is 12.1 Å². The SMILES string of the molecule is CC(C#N)CN(C)C(=O)c1cc(N)nc(Cl)c1. The molecule has 5 nitrogen and oxygen atoms in total. The second-order valence-corrected chi connectivity index (χ2v) is 4.21. The van der Waals surface area contributed by atoms with E-state index in [0.717, 1.165) is 0 Å². The Kier molecular flexibility index (Phi) is 4.30. The number of nitriles is 1. The molecule has 1 aromatic heterocycles. The summed E-state index contributed by atoms with van der Waals surface area (Å²) in [5.41, 5.74) is 5.88. The molecule has 1 heterocycles. The highest BCUT2D eigenvalue weighted by atomic mass is 35.5. The van der Waals surface area contributed by atoms with E-state index in [1.807, 2.05) is 0 Å². The van der Waals surface area contributed by atoms with Gasteiger partial charge < -0.3 is 10.6 Å². The summed E-state index contributed by atoms with van der Waals surface area (Å²) in [5, 5.41) is 8.86. The Labute approximate surface area is 105 Å². The molecular weight excluding hydrogens is 240 g/mol. The Morgan fingerprint density at radius 3 is 2.88 bits per heavy atom. The van der Waals surface area contributed by atoms with Crippen molar-refractivity contribution in [1.82, 2.24) is 9.88 Å². The van der Waals surface area contributed by atoms with Gasteiger partial charge in [0.1, 0.15) is 11.0 Å². The van der Waals surface area contributed by atoms with Crippen LogP contribution < -0.4 is 5.73 Å². The van der Waals surface area contributed by atoms with E-state index in [-0.39, 0.29) is 22.8 Å². The van der Waals surface area contributed by atoms with Crippen LogP contribution in [-0.4, -0.2) is 29.4 Å². The number of nitrogen functional groups attached to an aromatic ring is 1. The molecule has 0 aliphatic carbocycles. The van der Waals surface area contributed by atoms with Gasteiger partial charge in [-0.25, -0.2) is 4.98 Å². The number of nitrogens with two attached hydrogens (primary N) is 1. The van der Waals surface area contributed by atoms with Crippen LogP contribution in [0.4, 0.5) is 5.82 Å². The van der Waals surface area contributed by atoms with E-state index < -0.39 is 0 Å². The Bertz CT molecular complexity index is 449. The maximum atomic E-state index is 12.0. The molecule has 1 unspecified atom stereocenters.